The van der Waals surface area contributed by atoms with Gasteiger partial charge in [-0.2, -0.15) is 0 Å². The van der Waals surface area contributed by atoms with Crippen LogP contribution >= 0.6 is 22.6 Å². The fourth-order valence-corrected chi connectivity index (χ4v) is 2.58. The van der Waals surface area contributed by atoms with E-state index in [0.717, 1.165) is 3.57 Å². The van der Waals surface area contributed by atoms with E-state index in [9.17, 15) is 4.39 Å². The van der Waals surface area contributed by atoms with E-state index in [4.69, 9.17) is 16.2 Å². The minimum Gasteiger partial charge on any atom is -0.401 e. The first-order chi connectivity index (χ1) is 8.51. The Kier molecular flexibility index (Phi) is 3.74. The molecule has 1 aliphatic carbocycles. The zero-order valence-corrected chi connectivity index (χ0v) is 12.0. The van der Waals surface area contributed by atoms with Gasteiger partial charge in [0.05, 0.1) is 6.04 Å². The number of rotatable bonds is 2. The van der Waals surface area contributed by atoms with Gasteiger partial charge in [0, 0.05) is 21.9 Å². The molecule has 3 nitrogen and oxygen atoms in total. The number of halogens is 2. The first-order valence-electron chi connectivity index (χ1n) is 5.42. The van der Waals surface area contributed by atoms with Gasteiger partial charge in [0.25, 0.3) is 0 Å². The summed E-state index contributed by atoms with van der Waals surface area (Å²) in [5, 5.41) is 0. The van der Waals surface area contributed by atoms with Crippen molar-refractivity contribution in [2.24, 2.45) is 11.5 Å². The number of hydrogen-bond acceptors (Lipinski definition) is 3. The van der Waals surface area contributed by atoms with Gasteiger partial charge in [0.15, 0.2) is 0 Å². The lowest BCUT2D eigenvalue weighted by molar-refractivity contribution is 0.0111. The molecule has 0 spiro atoms. The molecule has 96 valence electrons. The second kappa shape index (κ2) is 4.99. The van der Waals surface area contributed by atoms with Crippen molar-refractivity contribution < 1.29 is 9.13 Å². The van der Waals surface area contributed by atoms with Crippen LogP contribution in [0, 0.1) is 9.39 Å². The molecule has 2 rings (SSSR count). The van der Waals surface area contributed by atoms with E-state index < -0.39 is 11.6 Å². The summed E-state index contributed by atoms with van der Waals surface area (Å²) in [7, 11) is 1.50. The quantitative estimate of drug-likeness (QED) is 0.794. The van der Waals surface area contributed by atoms with Crippen LogP contribution in [0.3, 0.4) is 0 Å². The van der Waals surface area contributed by atoms with Crippen LogP contribution < -0.4 is 11.5 Å². The van der Waals surface area contributed by atoms with Gasteiger partial charge in [-0.15, -0.1) is 0 Å². The lowest BCUT2D eigenvalue weighted by Crippen LogP contribution is -2.50. The van der Waals surface area contributed by atoms with Crippen molar-refractivity contribution in [3.8, 4) is 0 Å². The largest absolute Gasteiger partial charge is 0.401 e. The second-order valence-corrected chi connectivity index (χ2v) is 5.37. The Morgan fingerprint density at radius 3 is 2.78 bits per heavy atom. The van der Waals surface area contributed by atoms with Crippen LogP contribution in [0.5, 0.6) is 0 Å². The van der Waals surface area contributed by atoms with Gasteiger partial charge < -0.3 is 16.2 Å². The van der Waals surface area contributed by atoms with Gasteiger partial charge in [-0.25, -0.2) is 4.39 Å². The molecule has 0 saturated carbocycles. The third kappa shape index (κ3) is 2.06. The molecule has 2 atom stereocenters. The highest BCUT2D eigenvalue weighted by molar-refractivity contribution is 14.1. The zero-order valence-electron chi connectivity index (χ0n) is 9.86. The molecule has 5 heteroatoms. The third-order valence-corrected chi connectivity index (χ3v) is 3.81. The first kappa shape index (κ1) is 13.5. The van der Waals surface area contributed by atoms with E-state index in [1.54, 1.807) is 24.3 Å². The molecule has 18 heavy (non-hydrogen) atoms. The van der Waals surface area contributed by atoms with Crippen LogP contribution in [0.25, 0.3) is 0 Å². The number of methoxy groups -OCH3 is 1. The van der Waals surface area contributed by atoms with E-state index in [-0.39, 0.29) is 5.82 Å². The van der Waals surface area contributed by atoms with Crippen LogP contribution in [0.4, 0.5) is 4.39 Å². The Bertz CT molecular complexity index is 530. The molecule has 1 aromatic rings. The predicted molar refractivity (Wildman–Crippen MR) is 77.2 cm³/mol. The van der Waals surface area contributed by atoms with Gasteiger partial charge >= 0.3 is 0 Å². The monoisotopic (exact) mass is 360 g/mol. The molecule has 1 aliphatic rings. The molecule has 4 N–H and O–H groups in total. The predicted octanol–water partition coefficient (Wildman–Crippen LogP) is 2.01. The number of nitrogens with two attached hydrogens (primary N) is 2. The van der Waals surface area contributed by atoms with Crippen molar-refractivity contribution in [3.05, 3.63) is 57.1 Å². The summed E-state index contributed by atoms with van der Waals surface area (Å²) in [5.74, 6) is -0.349. The van der Waals surface area contributed by atoms with Crippen LogP contribution in [-0.2, 0) is 10.3 Å². The van der Waals surface area contributed by atoms with Gasteiger partial charge in [-0.05, 0) is 46.9 Å². The van der Waals surface area contributed by atoms with E-state index in [2.05, 4.69) is 22.6 Å². The molecule has 1 aromatic carbocycles. The molecular formula is C13H14FIN2O. The topological polar surface area (TPSA) is 61.3 Å². The van der Waals surface area contributed by atoms with Gasteiger partial charge in [0.1, 0.15) is 11.4 Å². The molecule has 2 unspecified atom stereocenters. The highest BCUT2D eigenvalue weighted by Crippen LogP contribution is 2.36. The van der Waals surface area contributed by atoms with Crippen LogP contribution in [0.1, 0.15) is 5.56 Å². The molecule has 0 radical (unpaired) electrons. The maximum Gasteiger partial charge on any atom is 0.135 e. The summed E-state index contributed by atoms with van der Waals surface area (Å²) in [4.78, 5) is 0. The Hall–Kier alpha value is -0.920. The van der Waals surface area contributed by atoms with Crippen molar-refractivity contribution in [1.29, 1.82) is 0 Å². The minimum absolute atomic E-state index is 0.349. The highest BCUT2D eigenvalue weighted by atomic mass is 127. The number of allylic oxidation sites excluding steroid dienone is 2. The molecule has 0 bridgehead atoms. The lowest BCUT2D eigenvalue weighted by atomic mass is 9.81. The van der Waals surface area contributed by atoms with Crippen molar-refractivity contribution >= 4 is 22.6 Å². The molecule has 0 fully saturated rings. The molecule has 0 heterocycles. The maximum absolute atomic E-state index is 14.1. The summed E-state index contributed by atoms with van der Waals surface area (Å²) in [6, 6.07) is 4.34. The number of hydrogen-bond donors (Lipinski definition) is 2. The Morgan fingerprint density at radius 1 is 1.44 bits per heavy atom. The minimum atomic E-state index is -1.05. The summed E-state index contributed by atoms with van der Waals surface area (Å²) < 4.78 is 20.4. The molecule has 0 aliphatic heterocycles. The number of benzene rings is 1. The molecule has 0 amide bonds. The molecular weight excluding hydrogens is 346 g/mol. The van der Waals surface area contributed by atoms with Crippen LogP contribution in [-0.4, -0.2) is 13.2 Å². The van der Waals surface area contributed by atoms with E-state index >= 15 is 0 Å². The van der Waals surface area contributed by atoms with E-state index in [1.807, 2.05) is 6.07 Å². The van der Waals surface area contributed by atoms with E-state index in [1.165, 1.54) is 13.2 Å². The van der Waals surface area contributed by atoms with Crippen molar-refractivity contribution in [2.75, 3.05) is 7.11 Å². The summed E-state index contributed by atoms with van der Waals surface area (Å²) in [6.07, 6.45) is 5.17. The smallest absolute Gasteiger partial charge is 0.135 e. The van der Waals surface area contributed by atoms with Gasteiger partial charge in [0.2, 0.25) is 0 Å². The van der Waals surface area contributed by atoms with Crippen LogP contribution in [0.15, 0.2) is 42.1 Å². The summed E-state index contributed by atoms with van der Waals surface area (Å²) in [5.41, 5.74) is 11.7. The van der Waals surface area contributed by atoms with Gasteiger partial charge in [-0.3, -0.25) is 0 Å². The van der Waals surface area contributed by atoms with E-state index in [0.29, 0.717) is 11.3 Å². The maximum atomic E-state index is 14.1. The Morgan fingerprint density at radius 2 is 2.17 bits per heavy atom. The second-order valence-electron chi connectivity index (χ2n) is 4.12. The zero-order chi connectivity index (χ0) is 13.3. The molecule has 0 saturated heterocycles. The highest BCUT2D eigenvalue weighted by Gasteiger charge is 2.41. The number of ether oxygens (including phenoxy) is 1. The first-order valence-corrected chi connectivity index (χ1v) is 6.50. The Balaban J connectivity index is 2.58. The summed E-state index contributed by atoms with van der Waals surface area (Å²) in [6.45, 7) is 0. The fourth-order valence-electron chi connectivity index (χ4n) is 2.13. The van der Waals surface area contributed by atoms with Gasteiger partial charge in [-0.1, -0.05) is 12.1 Å². The fraction of sp³-hybridized carbons (Fsp3) is 0.231. The van der Waals surface area contributed by atoms with Crippen molar-refractivity contribution in [3.63, 3.8) is 0 Å². The average molecular weight is 360 g/mol. The normalized spacial score (nSPS) is 27.1. The Labute approximate surface area is 119 Å². The van der Waals surface area contributed by atoms with Crippen molar-refractivity contribution in [2.45, 2.75) is 11.6 Å². The SMILES string of the molecule is COC1(c2ccc(I)cc2F)C=CC=C(N)C1N. The average Bonchev–Trinajstić information content (AvgIpc) is 2.34. The molecule has 0 aromatic heterocycles. The van der Waals surface area contributed by atoms with Crippen molar-refractivity contribution in [1.82, 2.24) is 0 Å². The lowest BCUT2D eigenvalue weighted by Gasteiger charge is -2.37. The third-order valence-electron chi connectivity index (χ3n) is 3.14. The summed E-state index contributed by atoms with van der Waals surface area (Å²) >= 11 is 2.05. The van der Waals surface area contributed by atoms with Crippen LogP contribution in [0.2, 0.25) is 0 Å². The standard InChI is InChI=1S/C13H14FIN2O/c1-18-13(6-2-3-11(16)12(13)17)9-5-4-8(15)7-10(9)14/h2-7,12H,16-17H2,1H3.